The minimum atomic E-state index is -0.416. The van der Waals surface area contributed by atoms with E-state index >= 15 is 0 Å². The minimum Gasteiger partial charge on any atom is -0.384 e. The van der Waals surface area contributed by atoms with E-state index in [0.717, 1.165) is 11.3 Å². The zero-order valence-corrected chi connectivity index (χ0v) is 11.9. The number of anilines is 1. The monoisotopic (exact) mass is 276 g/mol. The number of hydrogen-bond donors (Lipinski definition) is 1. The van der Waals surface area contributed by atoms with Gasteiger partial charge >= 0.3 is 0 Å². The molecule has 5 nitrogen and oxygen atoms in total. The Kier molecular flexibility index (Phi) is 4.74. The third-order valence-electron chi connectivity index (χ3n) is 3.42. The van der Waals surface area contributed by atoms with Crippen molar-refractivity contribution in [3.63, 3.8) is 0 Å². The first-order valence-electron chi connectivity index (χ1n) is 6.78. The zero-order chi connectivity index (χ0) is 14.5. The summed E-state index contributed by atoms with van der Waals surface area (Å²) in [7, 11) is 1.55. The lowest BCUT2D eigenvalue weighted by atomic mass is 10.2. The van der Waals surface area contributed by atoms with Crippen LogP contribution in [-0.2, 0) is 14.3 Å². The van der Waals surface area contributed by atoms with Gasteiger partial charge in [0.05, 0.1) is 6.61 Å². The van der Waals surface area contributed by atoms with Gasteiger partial charge in [0.25, 0.3) is 0 Å². The van der Waals surface area contributed by atoms with Crippen molar-refractivity contribution in [1.82, 2.24) is 5.32 Å². The summed E-state index contributed by atoms with van der Waals surface area (Å²) >= 11 is 0. The average Bonchev–Trinajstić information content (AvgIpc) is 2.79. The van der Waals surface area contributed by atoms with E-state index in [4.69, 9.17) is 4.74 Å². The molecule has 5 heteroatoms. The number of nitrogens with zero attached hydrogens (tertiary/aromatic N) is 1. The SMILES string of the molecule is COCCC(=O)N[C@@H]1CCN(c2ccc(C)cc2)C1=O. The lowest BCUT2D eigenvalue weighted by Crippen LogP contribution is -2.41. The molecule has 2 amide bonds. The second-order valence-electron chi connectivity index (χ2n) is 4.98. The van der Waals surface area contributed by atoms with Gasteiger partial charge in [-0.3, -0.25) is 9.59 Å². The molecule has 0 saturated carbocycles. The summed E-state index contributed by atoms with van der Waals surface area (Å²) < 4.78 is 4.85. The van der Waals surface area contributed by atoms with E-state index in [1.54, 1.807) is 12.0 Å². The summed E-state index contributed by atoms with van der Waals surface area (Å²) in [6, 6.07) is 7.41. The first-order valence-corrected chi connectivity index (χ1v) is 6.78. The summed E-state index contributed by atoms with van der Waals surface area (Å²) in [6.07, 6.45) is 0.927. The molecule has 0 radical (unpaired) electrons. The number of nitrogens with one attached hydrogen (secondary N) is 1. The quantitative estimate of drug-likeness (QED) is 0.880. The molecule has 1 aromatic rings. The van der Waals surface area contributed by atoms with Crippen molar-refractivity contribution in [2.75, 3.05) is 25.2 Å². The van der Waals surface area contributed by atoms with Crippen LogP contribution in [0.15, 0.2) is 24.3 Å². The molecule has 1 atom stereocenters. The fourth-order valence-corrected chi connectivity index (χ4v) is 2.26. The Bertz CT molecular complexity index is 484. The Labute approximate surface area is 118 Å². The summed E-state index contributed by atoms with van der Waals surface area (Å²) in [5, 5.41) is 2.76. The molecular formula is C15H20N2O3. The Hall–Kier alpha value is -1.88. The van der Waals surface area contributed by atoms with Crippen molar-refractivity contribution < 1.29 is 14.3 Å². The summed E-state index contributed by atoms with van der Waals surface area (Å²) in [5.74, 6) is -0.185. The Morgan fingerprint density at radius 3 is 2.75 bits per heavy atom. The predicted molar refractivity (Wildman–Crippen MR) is 76.6 cm³/mol. The second-order valence-corrected chi connectivity index (χ2v) is 4.98. The van der Waals surface area contributed by atoms with E-state index in [-0.39, 0.29) is 18.2 Å². The van der Waals surface area contributed by atoms with Gasteiger partial charge in [0, 0.05) is 25.8 Å². The van der Waals surface area contributed by atoms with Gasteiger partial charge in [-0.2, -0.15) is 0 Å². The van der Waals surface area contributed by atoms with Gasteiger partial charge in [0.2, 0.25) is 11.8 Å². The fourth-order valence-electron chi connectivity index (χ4n) is 2.26. The van der Waals surface area contributed by atoms with E-state index in [1.165, 1.54) is 0 Å². The van der Waals surface area contributed by atoms with Crippen LogP contribution in [-0.4, -0.2) is 38.1 Å². The van der Waals surface area contributed by atoms with Gasteiger partial charge in [-0.25, -0.2) is 0 Å². The van der Waals surface area contributed by atoms with Crippen LogP contribution in [0.25, 0.3) is 0 Å². The highest BCUT2D eigenvalue weighted by atomic mass is 16.5. The second kappa shape index (κ2) is 6.52. The van der Waals surface area contributed by atoms with E-state index in [0.29, 0.717) is 19.6 Å². The number of benzene rings is 1. The number of hydrogen-bond acceptors (Lipinski definition) is 3. The Morgan fingerprint density at radius 2 is 2.10 bits per heavy atom. The number of aryl methyl sites for hydroxylation is 1. The Balaban J connectivity index is 1.95. The molecule has 1 aliphatic rings. The van der Waals surface area contributed by atoms with Crippen LogP contribution in [0.4, 0.5) is 5.69 Å². The van der Waals surface area contributed by atoms with Crippen LogP contribution in [0, 0.1) is 6.92 Å². The fraction of sp³-hybridized carbons (Fsp3) is 0.467. The highest BCUT2D eigenvalue weighted by Crippen LogP contribution is 2.21. The summed E-state index contributed by atoms with van der Waals surface area (Å²) in [6.45, 7) is 3.01. The third-order valence-corrected chi connectivity index (χ3v) is 3.42. The molecule has 0 aliphatic carbocycles. The molecule has 0 unspecified atom stereocenters. The van der Waals surface area contributed by atoms with Gasteiger partial charge in [0.1, 0.15) is 6.04 Å². The molecule has 20 heavy (non-hydrogen) atoms. The van der Waals surface area contributed by atoms with E-state index in [9.17, 15) is 9.59 Å². The predicted octanol–water partition coefficient (Wildman–Crippen LogP) is 1.25. The first kappa shape index (κ1) is 14.5. The summed E-state index contributed by atoms with van der Waals surface area (Å²) in [4.78, 5) is 25.6. The van der Waals surface area contributed by atoms with Crippen LogP contribution in [0.5, 0.6) is 0 Å². The van der Waals surface area contributed by atoms with E-state index in [2.05, 4.69) is 5.32 Å². The zero-order valence-electron chi connectivity index (χ0n) is 11.9. The molecular weight excluding hydrogens is 256 g/mol. The van der Waals surface area contributed by atoms with Crippen molar-refractivity contribution in [2.45, 2.75) is 25.8 Å². The highest BCUT2D eigenvalue weighted by molar-refractivity contribution is 6.01. The maximum Gasteiger partial charge on any atom is 0.249 e. The van der Waals surface area contributed by atoms with Crippen LogP contribution in [0.2, 0.25) is 0 Å². The van der Waals surface area contributed by atoms with Gasteiger partial charge in [0.15, 0.2) is 0 Å². The molecule has 1 aliphatic heterocycles. The number of ether oxygens (including phenoxy) is 1. The smallest absolute Gasteiger partial charge is 0.249 e. The van der Waals surface area contributed by atoms with Gasteiger partial charge < -0.3 is 15.0 Å². The van der Waals surface area contributed by atoms with Crippen molar-refractivity contribution >= 4 is 17.5 Å². The van der Waals surface area contributed by atoms with Crippen molar-refractivity contribution in [3.05, 3.63) is 29.8 Å². The molecule has 1 N–H and O–H groups in total. The molecule has 0 bridgehead atoms. The van der Waals surface area contributed by atoms with Gasteiger partial charge in [-0.1, -0.05) is 17.7 Å². The van der Waals surface area contributed by atoms with Gasteiger partial charge in [-0.05, 0) is 25.5 Å². The molecule has 1 aromatic carbocycles. The first-order chi connectivity index (χ1) is 9.61. The van der Waals surface area contributed by atoms with Crippen molar-refractivity contribution in [3.8, 4) is 0 Å². The minimum absolute atomic E-state index is 0.0420. The van der Waals surface area contributed by atoms with Crippen LogP contribution in [0.1, 0.15) is 18.4 Å². The summed E-state index contributed by atoms with van der Waals surface area (Å²) in [5.41, 5.74) is 2.04. The lowest BCUT2D eigenvalue weighted by Gasteiger charge is -2.17. The maximum atomic E-state index is 12.3. The molecule has 0 spiro atoms. The van der Waals surface area contributed by atoms with E-state index in [1.807, 2.05) is 31.2 Å². The normalized spacial score (nSPS) is 18.4. The lowest BCUT2D eigenvalue weighted by molar-refractivity contribution is -0.127. The largest absolute Gasteiger partial charge is 0.384 e. The molecule has 0 aromatic heterocycles. The van der Waals surface area contributed by atoms with E-state index < -0.39 is 6.04 Å². The third kappa shape index (κ3) is 3.36. The van der Waals surface area contributed by atoms with Crippen molar-refractivity contribution in [1.29, 1.82) is 0 Å². The Morgan fingerprint density at radius 1 is 1.40 bits per heavy atom. The number of rotatable bonds is 5. The van der Waals surface area contributed by atoms with Crippen molar-refractivity contribution in [2.24, 2.45) is 0 Å². The van der Waals surface area contributed by atoms with Gasteiger partial charge in [-0.15, -0.1) is 0 Å². The average molecular weight is 276 g/mol. The van der Waals surface area contributed by atoms with Crippen LogP contribution < -0.4 is 10.2 Å². The molecule has 2 rings (SSSR count). The standard InChI is InChI=1S/C15H20N2O3/c1-11-3-5-12(6-4-11)17-9-7-13(15(17)19)16-14(18)8-10-20-2/h3-6,13H,7-10H2,1-2H3,(H,16,18)/t13-/m1/s1. The highest BCUT2D eigenvalue weighted by Gasteiger charge is 2.33. The number of amides is 2. The van der Waals surface area contributed by atoms with Crippen LogP contribution in [0.3, 0.4) is 0 Å². The number of carbonyl (C=O) groups is 2. The van der Waals surface area contributed by atoms with Crippen LogP contribution >= 0.6 is 0 Å². The maximum absolute atomic E-state index is 12.3. The molecule has 1 fully saturated rings. The topological polar surface area (TPSA) is 58.6 Å². The number of carbonyl (C=O) groups excluding carboxylic acids is 2. The molecule has 1 saturated heterocycles. The number of methoxy groups -OCH3 is 1. The molecule has 1 heterocycles. The molecule has 108 valence electrons.